The van der Waals surface area contributed by atoms with Crippen LogP contribution in [0.25, 0.3) is 0 Å². The summed E-state index contributed by atoms with van der Waals surface area (Å²) in [4.78, 5) is 4.30. The quantitative estimate of drug-likeness (QED) is 0.843. The number of rotatable bonds is 6. The first-order valence-electron chi connectivity index (χ1n) is 6.52. The maximum Gasteiger partial charge on any atom is 0.213 e. The zero-order chi connectivity index (χ0) is 15.5. The van der Waals surface area contributed by atoms with Crippen molar-refractivity contribution in [3.05, 3.63) is 41.6 Å². The number of hydrogen-bond acceptors (Lipinski definition) is 6. The Morgan fingerprint density at radius 2 is 2.10 bits per heavy atom. The number of hydrogen-bond donors (Lipinski definition) is 2. The predicted molar refractivity (Wildman–Crippen MR) is 78.9 cm³/mol. The second kappa shape index (κ2) is 6.28. The molecule has 0 aliphatic carbocycles. The van der Waals surface area contributed by atoms with Gasteiger partial charge in [-0.3, -0.25) is 0 Å². The number of aromatic nitrogens is 1. The minimum Gasteiger partial charge on any atom is -0.444 e. The molecule has 0 unspecified atom stereocenters. The van der Waals surface area contributed by atoms with Crippen LogP contribution in [0, 0.1) is 13.8 Å². The Labute approximate surface area is 123 Å². The Hall–Kier alpha value is -1.86. The molecule has 0 bridgehead atoms. The number of aliphatic hydroxyl groups is 1. The summed E-state index contributed by atoms with van der Waals surface area (Å²) in [5.74, 6) is 1.05. The molecule has 6 nitrogen and oxygen atoms in total. The highest BCUT2D eigenvalue weighted by Gasteiger charge is 2.14. The van der Waals surface area contributed by atoms with E-state index in [1.165, 1.54) is 6.07 Å². The minimum absolute atomic E-state index is 0.214. The van der Waals surface area contributed by atoms with Gasteiger partial charge in [-0.05, 0) is 37.6 Å². The Bertz CT molecular complexity index is 722. The number of oxazole rings is 1. The van der Waals surface area contributed by atoms with Gasteiger partial charge in [-0.15, -0.1) is 0 Å². The molecule has 114 valence electrons. The first-order chi connectivity index (χ1) is 9.92. The Morgan fingerprint density at radius 3 is 2.67 bits per heavy atom. The zero-order valence-electron chi connectivity index (χ0n) is 12.0. The zero-order valence-corrected chi connectivity index (χ0v) is 12.8. The van der Waals surface area contributed by atoms with Gasteiger partial charge in [0.25, 0.3) is 0 Å². The molecule has 1 aromatic heterocycles. The maximum absolute atomic E-state index is 11.9. The molecule has 0 aliphatic rings. The number of aryl methyl sites for hydroxylation is 2. The number of nitrogens with zero attached hydrogens (tertiary/aromatic N) is 1. The van der Waals surface area contributed by atoms with Crippen LogP contribution >= 0.6 is 0 Å². The highest BCUT2D eigenvalue weighted by atomic mass is 32.2. The van der Waals surface area contributed by atoms with Crippen molar-refractivity contribution in [3.63, 3.8) is 0 Å². The fraction of sp³-hybridized carbons (Fsp3) is 0.357. The van der Waals surface area contributed by atoms with Gasteiger partial charge >= 0.3 is 0 Å². The molecule has 1 aromatic carbocycles. The molecule has 2 aromatic rings. The van der Waals surface area contributed by atoms with Crippen molar-refractivity contribution in [2.75, 3.05) is 17.7 Å². The van der Waals surface area contributed by atoms with Crippen molar-refractivity contribution in [1.29, 1.82) is 0 Å². The number of nitrogens with one attached hydrogen (secondary N) is 1. The van der Waals surface area contributed by atoms with Crippen LogP contribution in [0.5, 0.6) is 0 Å². The van der Waals surface area contributed by atoms with E-state index in [1.807, 2.05) is 13.8 Å². The van der Waals surface area contributed by atoms with Gasteiger partial charge in [0.15, 0.2) is 9.84 Å². The van der Waals surface area contributed by atoms with Crippen LogP contribution in [0.15, 0.2) is 33.7 Å². The van der Waals surface area contributed by atoms with E-state index in [0.29, 0.717) is 12.4 Å². The van der Waals surface area contributed by atoms with Gasteiger partial charge in [0.05, 0.1) is 30.0 Å². The maximum atomic E-state index is 11.9. The van der Waals surface area contributed by atoms with Crippen LogP contribution in [0.4, 0.5) is 5.69 Å². The second-order valence-corrected chi connectivity index (χ2v) is 6.85. The lowest BCUT2D eigenvalue weighted by molar-refractivity contribution is 0.319. The predicted octanol–water partition coefficient (Wildman–Crippen LogP) is 1.67. The van der Waals surface area contributed by atoms with Gasteiger partial charge in [-0.25, -0.2) is 13.4 Å². The van der Waals surface area contributed by atoms with E-state index in [-0.39, 0.29) is 17.3 Å². The molecule has 2 rings (SSSR count). The minimum atomic E-state index is -3.42. The van der Waals surface area contributed by atoms with Crippen LogP contribution in [0.2, 0.25) is 0 Å². The summed E-state index contributed by atoms with van der Waals surface area (Å²) in [6, 6.07) is 4.82. The summed E-state index contributed by atoms with van der Waals surface area (Å²) in [5, 5.41) is 11.9. The molecular weight excluding hydrogens is 292 g/mol. The first kappa shape index (κ1) is 15.5. The molecule has 1 heterocycles. The van der Waals surface area contributed by atoms with Gasteiger partial charge in [0.1, 0.15) is 5.76 Å². The molecule has 0 radical (unpaired) electrons. The lowest BCUT2D eigenvalue weighted by Gasteiger charge is -2.10. The van der Waals surface area contributed by atoms with E-state index in [1.54, 1.807) is 18.3 Å². The summed E-state index contributed by atoms with van der Waals surface area (Å²) < 4.78 is 29.1. The summed E-state index contributed by atoms with van der Waals surface area (Å²) in [5.41, 5.74) is 1.62. The fourth-order valence-electron chi connectivity index (χ4n) is 1.92. The summed E-state index contributed by atoms with van der Waals surface area (Å²) in [6.45, 7) is 3.69. The number of anilines is 1. The van der Waals surface area contributed by atoms with Crippen molar-refractivity contribution in [1.82, 2.24) is 4.98 Å². The van der Waals surface area contributed by atoms with E-state index >= 15 is 0 Å². The molecule has 0 saturated heterocycles. The Balaban J connectivity index is 2.12. The number of benzene rings is 1. The lowest BCUT2D eigenvalue weighted by atomic mass is 10.2. The number of aliphatic hydroxyl groups excluding tert-OH is 1. The highest BCUT2D eigenvalue weighted by Crippen LogP contribution is 2.21. The van der Waals surface area contributed by atoms with E-state index in [0.717, 1.165) is 17.0 Å². The summed E-state index contributed by atoms with van der Waals surface area (Å²) >= 11 is 0. The van der Waals surface area contributed by atoms with Crippen LogP contribution in [-0.2, 0) is 16.4 Å². The normalized spacial score (nSPS) is 11.6. The molecule has 0 amide bonds. The van der Waals surface area contributed by atoms with Gasteiger partial charge in [0, 0.05) is 5.69 Å². The van der Waals surface area contributed by atoms with Crippen molar-refractivity contribution in [2.45, 2.75) is 25.3 Å². The molecule has 0 spiro atoms. The molecule has 0 fully saturated rings. The first-order valence-corrected chi connectivity index (χ1v) is 8.17. The van der Waals surface area contributed by atoms with E-state index in [2.05, 4.69) is 10.3 Å². The molecule has 2 N–H and O–H groups in total. The van der Waals surface area contributed by atoms with Crippen LogP contribution in [0.3, 0.4) is 0 Å². The van der Waals surface area contributed by atoms with Crippen molar-refractivity contribution >= 4 is 15.5 Å². The van der Waals surface area contributed by atoms with E-state index < -0.39 is 9.84 Å². The van der Waals surface area contributed by atoms with E-state index in [4.69, 9.17) is 9.52 Å². The van der Waals surface area contributed by atoms with Gasteiger partial charge in [0.2, 0.25) is 5.89 Å². The highest BCUT2D eigenvalue weighted by molar-refractivity contribution is 7.91. The van der Waals surface area contributed by atoms with Crippen LogP contribution < -0.4 is 5.32 Å². The third kappa shape index (κ3) is 3.83. The van der Waals surface area contributed by atoms with Crippen LogP contribution in [-0.4, -0.2) is 30.9 Å². The second-order valence-electron chi connectivity index (χ2n) is 4.74. The molecule has 0 aliphatic heterocycles. The molecule has 0 atom stereocenters. The summed E-state index contributed by atoms with van der Waals surface area (Å²) in [7, 11) is -3.42. The Morgan fingerprint density at radius 1 is 1.33 bits per heavy atom. The average Bonchev–Trinajstić information content (AvgIpc) is 2.83. The van der Waals surface area contributed by atoms with Gasteiger partial charge in [-0.2, -0.15) is 0 Å². The SMILES string of the molecule is Cc1cnc(CNc2ccc(S(=O)(=O)CCO)cc2C)o1. The van der Waals surface area contributed by atoms with Crippen molar-refractivity contribution in [2.24, 2.45) is 0 Å². The Kier molecular flexibility index (Phi) is 4.64. The third-order valence-electron chi connectivity index (χ3n) is 3.02. The smallest absolute Gasteiger partial charge is 0.213 e. The van der Waals surface area contributed by atoms with Crippen molar-refractivity contribution in [3.8, 4) is 0 Å². The molecule has 7 heteroatoms. The van der Waals surface area contributed by atoms with Crippen LogP contribution in [0.1, 0.15) is 17.2 Å². The monoisotopic (exact) mass is 310 g/mol. The average molecular weight is 310 g/mol. The molecule has 21 heavy (non-hydrogen) atoms. The lowest BCUT2D eigenvalue weighted by Crippen LogP contribution is -2.10. The topological polar surface area (TPSA) is 92.4 Å². The largest absolute Gasteiger partial charge is 0.444 e. The molecule has 0 saturated carbocycles. The molecular formula is C14H18N2O4S. The standard InChI is InChI=1S/C14H18N2O4S/c1-10-7-12(21(18,19)6-5-17)3-4-13(10)15-9-14-16-8-11(2)20-14/h3-4,7-8,15,17H,5-6,9H2,1-2H3. The van der Waals surface area contributed by atoms with E-state index in [9.17, 15) is 8.42 Å². The summed E-state index contributed by atoms with van der Waals surface area (Å²) in [6.07, 6.45) is 1.65. The van der Waals surface area contributed by atoms with Gasteiger partial charge < -0.3 is 14.8 Å². The third-order valence-corrected chi connectivity index (χ3v) is 4.71. The van der Waals surface area contributed by atoms with Crippen molar-refractivity contribution < 1.29 is 17.9 Å². The number of sulfone groups is 1. The van der Waals surface area contributed by atoms with Gasteiger partial charge in [-0.1, -0.05) is 0 Å². The fourth-order valence-corrected chi connectivity index (χ4v) is 3.03.